The maximum atomic E-state index is 13.0. The summed E-state index contributed by atoms with van der Waals surface area (Å²) in [5, 5.41) is 12.4. The zero-order chi connectivity index (χ0) is 16.9. The van der Waals surface area contributed by atoms with E-state index in [1.807, 2.05) is 0 Å². The Hall–Kier alpha value is -1.93. The van der Waals surface area contributed by atoms with Crippen LogP contribution in [0.1, 0.15) is 12.5 Å². The van der Waals surface area contributed by atoms with Gasteiger partial charge in [0, 0.05) is 18.7 Å². The van der Waals surface area contributed by atoms with E-state index in [0.29, 0.717) is 23.1 Å². The predicted octanol–water partition coefficient (Wildman–Crippen LogP) is 2.35. The molecule has 1 unspecified atom stereocenters. The van der Waals surface area contributed by atoms with E-state index < -0.39 is 18.3 Å². The van der Waals surface area contributed by atoms with Gasteiger partial charge in [-0.15, -0.1) is 0 Å². The Morgan fingerprint density at radius 1 is 1.35 bits per heavy atom. The van der Waals surface area contributed by atoms with Crippen LogP contribution in [-0.2, 0) is 11.3 Å². The van der Waals surface area contributed by atoms with E-state index in [1.165, 1.54) is 0 Å². The largest absolute Gasteiger partial charge is 0.502 e. The van der Waals surface area contributed by atoms with Crippen molar-refractivity contribution < 1.29 is 32.5 Å². The van der Waals surface area contributed by atoms with Gasteiger partial charge in [0.2, 0.25) is 6.79 Å². The summed E-state index contributed by atoms with van der Waals surface area (Å²) >= 11 is 0. The molecule has 1 aromatic carbocycles. The highest BCUT2D eigenvalue weighted by Gasteiger charge is 2.51. The average molecular weight is 333 g/mol. The van der Waals surface area contributed by atoms with Crippen LogP contribution >= 0.6 is 0 Å². The van der Waals surface area contributed by atoms with E-state index >= 15 is 0 Å². The summed E-state index contributed by atoms with van der Waals surface area (Å²) in [6, 6.07) is 5.14. The standard InChI is InChI=1S/C15H18F3NO4/c1-2-21-7-6-14(20,15(16,17)18)9-19-8-11-4-3-5-12-13(11)23-10-22-12/h3-7,19-20H,2,8-10H2,1H3. The first-order valence-electron chi connectivity index (χ1n) is 7.04. The summed E-state index contributed by atoms with van der Waals surface area (Å²) in [7, 11) is 0. The molecule has 2 N–H and O–H groups in total. The molecule has 0 aliphatic carbocycles. The number of aliphatic hydroxyl groups is 1. The predicted molar refractivity (Wildman–Crippen MR) is 76.0 cm³/mol. The Labute approximate surface area is 131 Å². The second-order valence-corrected chi connectivity index (χ2v) is 4.93. The minimum absolute atomic E-state index is 0.0793. The first kappa shape index (κ1) is 17.4. The fraction of sp³-hybridized carbons (Fsp3) is 0.467. The van der Waals surface area contributed by atoms with Gasteiger partial charge in [0.15, 0.2) is 17.1 Å². The van der Waals surface area contributed by atoms with Crippen LogP contribution in [0.2, 0.25) is 0 Å². The summed E-state index contributed by atoms with van der Waals surface area (Å²) in [4.78, 5) is 0. The minimum Gasteiger partial charge on any atom is -0.502 e. The summed E-state index contributed by atoms with van der Waals surface area (Å²) in [6.07, 6.45) is -3.38. The quantitative estimate of drug-likeness (QED) is 0.750. The number of para-hydroxylation sites is 1. The van der Waals surface area contributed by atoms with Crippen molar-refractivity contribution in [3.63, 3.8) is 0 Å². The summed E-state index contributed by atoms with van der Waals surface area (Å²) in [6.45, 7) is 1.30. The molecule has 0 bridgehead atoms. The third-order valence-corrected chi connectivity index (χ3v) is 3.29. The zero-order valence-electron chi connectivity index (χ0n) is 12.5. The molecule has 0 saturated carbocycles. The maximum Gasteiger partial charge on any atom is 0.422 e. The van der Waals surface area contributed by atoms with Crippen molar-refractivity contribution in [2.24, 2.45) is 0 Å². The highest BCUT2D eigenvalue weighted by Crippen LogP contribution is 2.35. The molecule has 1 heterocycles. The molecule has 128 valence electrons. The number of hydrogen-bond acceptors (Lipinski definition) is 5. The van der Waals surface area contributed by atoms with Gasteiger partial charge >= 0.3 is 6.18 Å². The van der Waals surface area contributed by atoms with Gasteiger partial charge in [0.25, 0.3) is 0 Å². The van der Waals surface area contributed by atoms with Gasteiger partial charge in [0.1, 0.15) is 0 Å². The number of fused-ring (bicyclic) bond motifs is 1. The molecule has 0 spiro atoms. The molecular weight excluding hydrogens is 315 g/mol. The molecule has 1 aromatic rings. The maximum absolute atomic E-state index is 13.0. The minimum atomic E-state index is -4.83. The first-order valence-corrected chi connectivity index (χ1v) is 7.04. The van der Waals surface area contributed by atoms with Crippen molar-refractivity contribution in [3.8, 4) is 11.5 Å². The van der Waals surface area contributed by atoms with Gasteiger partial charge in [-0.1, -0.05) is 12.1 Å². The number of benzene rings is 1. The lowest BCUT2D eigenvalue weighted by molar-refractivity contribution is -0.238. The molecule has 5 nitrogen and oxygen atoms in total. The fourth-order valence-corrected chi connectivity index (χ4v) is 2.03. The summed E-state index contributed by atoms with van der Waals surface area (Å²) in [5.74, 6) is 1.05. The Bertz CT molecular complexity index is 562. The Morgan fingerprint density at radius 2 is 2.13 bits per heavy atom. The lowest BCUT2D eigenvalue weighted by Crippen LogP contribution is -2.51. The zero-order valence-corrected chi connectivity index (χ0v) is 12.5. The van der Waals surface area contributed by atoms with Crippen LogP contribution in [0.5, 0.6) is 11.5 Å². The van der Waals surface area contributed by atoms with Crippen LogP contribution in [0.25, 0.3) is 0 Å². The topological polar surface area (TPSA) is 60.0 Å². The van der Waals surface area contributed by atoms with E-state index in [-0.39, 0.29) is 19.9 Å². The molecule has 0 radical (unpaired) electrons. The van der Waals surface area contributed by atoms with Crippen molar-refractivity contribution in [2.75, 3.05) is 19.9 Å². The SMILES string of the molecule is CCOC=CC(O)(CNCc1cccc2c1OCO2)C(F)(F)F. The van der Waals surface area contributed by atoms with Crippen molar-refractivity contribution in [1.82, 2.24) is 5.32 Å². The van der Waals surface area contributed by atoms with Crippen molar-refractivity contribution >= 4 is 0 Å². The van der Waals surface area contributed by atoms with Gasteiger partial charge in [0.05, 0.1) is 12.9 Å². The van der Waals surface area contributed by atoms with Crippen LogP contribution in [-0.4, -0.2) is 36.8 Å². The summed E-state index contributed by atoms with van der Waals surface area (Å²) < 4.78 is 54.3. The second kappa shape index (κ2) is 7.10. The molecule has 0 amide bonds. The molecule has 0 aromatic heterocycles. The summed E-state index contributed by atoms with van der Waals surface area (Å²) in [5.41, 5.74) is -2.37. The molecule has 0 saturated heterocycles. The van der Waals surface area contributed by atoms with E-state index in [0.717, 1.165) is 6.26 Å². The fourth-order valence-electron chi connectivity index (χ4n) is 2.03. The normalized spacial score (nSPS) is 16.6. The van der Waals surface area contributed by atoms with Crippen molar-refractivity contribution in [1.29, 1.82) is 0 Å². The second-order valence-electron chi connectivity index (χ2n) is 4.93. The lowest BCUT2D eigenvalue weighted by Gasteiger charge is -2.27. The third-order valence-electron chi connectivity index (χ3n) is 3.29. The van der Waals surface area contributed by atoms with Gasteiger partial charge in [-0.2, -0.15) is 13.2 Å². The van der Waals surface area contributed by atoms with E-state index in [2.05, 4.69) is 5.32 Å². The Balaban J connectivity index is 2.01. The van der Waals surface area contributed by atoms with Crippen molar-refractivity contribution in [2.45, 2.75) is 25.2 Å². The van der Waals surface area contributed by atoms with Gasteiger partial charge < -0.3 is 24.6 Å². The molecule has 1 atom stereocenters. The molecular formula is C15H18F3NO4. The average Bonchev–Trinajstić information content (AvgIpc) is 2.96. The van der Waals surface area contributed by atoms with Crippen LogP contribution in [0.3, 0.4) is 0 Å². The molecule has 1 aliphatic heterocycles. The third kappa shape index (κ3) is 4.08. The highest BCUT2D eigenvalue weighted by atomic mass is 19.4. The first-order chi connectivity index (χ1) is 10.9. The van der Waals surface area contributed by atoms with Crippen LogP contribution in [0, 0.1) is 0 Å². The monoisotopic (exact) mass is 333 g/mol. The van der Waals surface area contributed by atoms with E-state index in [1.54, 1.807) is 25.1 Å². The number of halogens is 3. The smallest absolute Gasteiger partial charge is 0.422 e. The molecule has 23 heavy (non-hydrogen) atoms. The van der Waals surface area contributed by atoms with Gasteiger partial charge in [-0.25, -0.2) is 0 Å². The molecule has 0 fully saturated rings. The van der Waals surface area contributed by atoms with E-state index in [4.69, 9.17) is 14.2 Å². The Kier molecular flexibility index (Phi) is 5.38. The lowest BCUT2D eigenvalue weighted by atomic mass is 10.0. The number of hydrogen-bond donors (Lipinski definition) is 2. The molecule has 2 rings (SSSR count). The number of rotatable bonds is 7. The highest BCUT2D eigenvalue weighted by molar-refractivity contribution is 5.48. The molecule has 1 aliphatic rings. The number of alkyl halides is 3. The van der Waals surface area contributed by atoms with Crippen LogP contribution in [0.15, 0.2) is 30.5 Å². The van der Waals surface area contributed by atoms with Crippen molar-refractivity contribution in [3.05, 3.63) is 36.1 Å². The van der Waals surface area contributed by atoms with Crippen LogP contribution in [0.4, 0.5) is 13.2 Å². The van der Waals surface area contributed by atoms with Crippen LogP contribution < -0.4 is 14.8 Å². The Morgan fingerprint density at radius 3 is 2.83 bits per heavy atom. The number of ether oxygens (including phenoxy) is 3. The molecule has 8 heteroatoms. The number of nitrogens with one attached hydrogen (secondary N) is 1. The van der Waals surface area contributed by atoms with Gasteiger partial charge in [-0.05, 0) is 19.1 Å². The van der Waals surface area contributed by atoms with E-state index in [9.17, 15) is 18.3 Å². The van der Waals surface area contributed by atoms with Gasteiger partial charge in [-0.3, -0.25) is 0 Å².